The molecule has 88 valence electrons. The average Bonchev–Trinajstić information content (AvgIpc) is 2.24. The molecule has 1 aromatic rings. The molecule has 2 N–H and O–H groups in total. The molecule has 6 nitrogen and oxygen atoms in total. The smallest absolute Gasteiger partial charge is 0.412 e. The number of hydrogen-bond acceptors (Lipinski definition) is 4. The first-order chi connectivity index (χ1) is 7.63. The number of aromatic nitrogens is 2. The molecule has 0 saturated heterocycles. The lowest BCUT2D eigenvalue weighted by Crippen LogP contribution is -2.20. The van der Waals surface area contributed by atoms with Gasteiger partial charge in [0.25, 0.3) is 0 Å². The molecule has 1 rings (SSSR count). The van der Waals surface area contributed by atoms with E-state index in [2.05, 4.69) is 10.3 Å². The number of H-pyrrole nitrogens is 1. The molecule has 0 aliphatic rings. The average molecular weight is 229 g/mol. The van der Waals surface area contributed by atoms with Crippen LogP contribution in [0.4, 0.5) is 15.0 Å². The van der Waals surface area contributed by atoms with E-state index >= 15 is 0 Å². The fraction of sp³-hybridized carbons (Fsp3) is 0.444. The van der Waals surface area contributed by atoms with Gasteiger partial charge >= 0.3 is 11.8 Å². The topological polar surface area (TPSA) is 84.1 Å². The zero-order valence-electron chi connectivity index (χ0n) is 8.75. The molecule has 0 atom stereocenters. The first-order valence-electron chi connectivity index (χ1n) is 4.82. The maximum absolute atomic E-state index is 13.0. The zero-order valence-corrected chi connectivity index (χ0v) is 8.75. The SMILES string of the molecule is CCCCOC(=O)Nc1[nH]c(=O)ncc1F. The molecule has 1 amide bonds. The van der Waals surface area contributed by atoms with E-state index < -0.39 is 17.6 Å². The minimum atomic E-state index is -0.827. The Balaban J connectivity index is 2.55. The van der Waals surface area contributed by atoms with E-state index in [1.54, 1.807) is 0 Å². The quantitative estimate of drug-likeness (QED) is 0.761. The van der Waals surface area contributed by atoms with Crippen molar-refractivity contribution < 1.29 is 13.9 Å². The summed E-state index contributed by atoms with van der Waals surface area (Å²) >= 11 is 0. The van der Waals surface area contributed by atoms with E-state index in [1.807, 2.05) is 11.9 Å². The van der Waals surface area contributed by atoms with Crippen LogP contribution in [0.5, 0.6) is 0 Å². The highest BCUT2D eigenvalue weighted by atomic mass is 19.1. The van der Waals surface area contributed by atoms with Gasteiger partial charge in [0.1, 0.15) is 0 Å². The Morgan fingerprint density at radius 2 is 2.44 bits per heavy atom. The summed E-state index contributed by atoms with van der Waals surface area (Å²) in [5.74, 6) is -1.17. The summed E-state index contributed by atoms with van der Waals surface area (Å²) in [7, 11) is 0. The number of hydrogen-bond donors (Lipinski definition) is 2. The monoisotopic (exact) mass is 229 g/mol. The van der Waals surface area contributed by atoms with Crippen LogP contribution in [0, 0.1) is 5.82 Å². The summed E-state index contributed by atoms with van der Waals surface area (Å²) in [6.07, 6.45) is 1.52. The van der Waals surface area contributed by atoms with Gasteiger partial charge in [-0.15, -0.1) is 0 Å². The molecule has 7 heteroatoms. The van der Waals surface area contributed by atoms with Crippen LogP contribution in [-0.4, -0.2) is 22.7 Å². The maximum atomic E-state index is 13.0. The molecule has 0 unspecified atom stereocenters. The van der Waals surface area contributed by atoms with Gasteiger partial charge < -0.3 is 4.74 Å². The van der Waals surface area contributed by atoms with Gasteiger partial charge in [-0.2, -0.15) is 4.98 Å². The first-order valence-corrected chi connectivity index (χ1v) is 4.82. The highest BCUT2D eigenvalue weighted by Gasteiger charge is 2.08. The summed E-state index contributed by atoms with van der Waals surface area (Å²) in [6, 6.07) is 0. The summed E-state index contributed by atoms with van der Waals surface area (Å²) in [5, 5.41) is 2.08. The predicted octanol–water partition coefficient (Wildman–Crippen LogP) is 1.26. The minimum absolute atomic E-state index is 0.249. The second-order valence-corrected chi connectivity index (χ2v) is 3.03. The van der Waals surface area contributed by atoms with Gasteiger partial charge in [0.15, 0.2) is 11.6 Å². The van der Waals surface area contributed by atoms with Crippen LogP contribution in [0.1, 0.15) is 19.8 Å². The number of nitrogens with zero attached hydrogens (tertiary/aromatic N) is 1. The molecular formula is C9H12FN3O3. The molecule has 16 heavy (non-hydrogen) atoms. The molecule has 0 bridgehead atoms. The summed E-state index contributed by atoms with van der Waals surface area (Å²) in [4.78, 5) is 27.1. The van der Waals surface area contributed by atoms with Gasteiger partial charge in [-0.3, -0.25) is 10.3 Å². The molecule has 0 aliphatic heterocycles. The number of rotatable bonds is 4. The van der Waals surface area contributed by atoms with Crippen molar-refractivity contribution in [2.75, 3.05) is 11.9 Å². The summed E-state index contributed by atoms with van der Waals surface area (Å²) in [5.41, 5.74) is -0.745. The number of halogens is 1. The largest absolute Gasteiger partial charge is 0.449 e. The lowest BCUT2D eigenvalue weighted by Gasteiger charge is -2.06. The lowest BCUT2D eigenvalue weighted by atomic mass is 10.4. The molecule has 1 aromatic heterocycles. The molecule has 1 heterocycles. The van der Waals surface area contributed by atoms with Gasteiger partial charge in [-0.1, -0.05) is 13.3 Å². The van der Waals surface area contributed by atoms with Crippen molar-refractivity contribution in [1.29, 1.82) is 0 Å². The number of ether oxygens (including phenoxy) is 1. The third-order valence-corrected chi connectivity index (χ3v) is 1.72. The van der Waals surface area contributed by atoms with Gasteiger partial charge in [-0.25, -0.2) is 14.0 Å². The standard InChI is InChI=1S/C9H12FN3O3/c1-2-3-4-16-9(15)13-7-6(10)5-11-8(14)12-7/h5H,2-4H2,1H3,(H2,11,12,13,14,15). The van der Waals surface area contributed by atoms with Crippen LogP contribution in [0.3, 0.4) is 0 Å². The Morgan fingerprint density at radius 1 is 1.69 bits per heavy atom. The van der Waals surface area contributed by atoms with Crippen LogP contribution < -0.4 is 11.0 Å². The number of carbonyl (C=O) groups excluding carboxylic acids is 1. The van der Waals surface area contributed by atoms with Crippen LogP contribution >= 0.6 is 0 Å². The Bertz CT molecular complexity index is 419. The number of anilines is 1. The van der Waals surface area contributed by atoms with Crippen molar-refractivity contribution in [3.8, 4) is 0 Å². The van der Waals surface area contributed by atoms with E-state index in [0.29, 0.717) is 0 Å². The number of amides is 1. The van der Waals surface area contributed by atoms with Gasteiger partial charge in [0.2, 0.25) is 0 Å². The fourth-order valence-electron chi connectivity index (χ4n) is 0.917. The normalized spacial score (nSPS) is 9.88. The molecule has 0 aromatic carbocycles. The van der Waals surface area contributed by atoms with E-state index in [9.17, 15) is 14.0 Å². The van der Waals surface area contributed by atoms with Gasteiger partial charge in [0.05, 0.1) is 12.8 Å². The number of nitrogens with one attached hydrogen (secondary N) is 2. The van der Waals surface area contributed by atoms with Crippen molar-refractivity contribution in [3.05, 3.63) is 22.5 Å². The maximum Gasteiger partial charge on any atom is 0.412 e. The molecule has 0 spiro atoms. The Kier molecular flexibility index (Phi) is 4.43. The summed E-state index contributed by atoms with van der Waals surface area (Å²) in [6.45, 7) is 2.19. The molecular weight excluding hydrogens is 217 g/mol. The number of aromatic amines is 1. The van der Waals surface area contributed by atoms with Crippen LogP contribution in [0.2, 0.25) is 0 Å². The number of unbranched alkanes of at least 4 members (excludes halogenated alkanes) is 1. The third kappa shape index (κ3) is 3.68. The van der Waals surface area contributed by atoms with Gasteiger partial charge in [-0.05, 0) is 6.42 Å². The highest BCUT2D eigenvalue weighted by molar-refractivity contribution is 5.83. The Morgan fingerprint density at radius 3 is 3.12 bits per heavy atom. The van der Waals surface area contributed by atoms with Gasteiger partial charge in [0, 0.05) is 0 Å². The third-order valence-electron chi connectivity index (χ3n) is 1.72. The fourth-order valence-corrected chi connectivity index (χ4v) is 0.917. The molecule has 0 saturated carbocycles. The predicted molar refractivity (Wildman–Crippen MR) is 54.7 cm³/mol. The zero-order chi connectivity index (χ0) is 12.0. The minimum Gasteiger partial charge on any atom is -0.449 e. The Hall–Kier alpha value is -1.92. The highest BCUT2D eigenvalue weighted by Crippen LogP contribution is 2.05. The second-order valence-electron chi connectivity index (χ2n) is 3.03. The second kappa shape index (κ2) is 5.84. The summed E-state index contributed by atoms with van der Waals surface area (Å²) < 4.78 is 17.7. The molecule has 0 fully saturated rings. The van der Waals surface area contributed by atoms with Crippen LogP contribution in [0.25, 0.3) is 0 Å². The van der Waals surface area contributed by atoms with Crippen molar-refractivity contribution in [3.63, 3.8) is 0 Å². The van der Waals surface area contributed by atoms with Crippen molar-refractivity contribution in [2.45, 2.75) is 19.8 Å². The van der Waals surface area contributed by atoms with Crippen molar-refractivity contribution in [1.82, 2.24) is 9.97 Å². The van der Waals surface area contributed by atoms with E-state index in [1.165, 1.54) is 0 Å². The molecule has 0 aliphatic carbocycles. The van der Waals surface area contributed by atoms with Crippen LogP contribution in [-0.2, 0) is 4.74 Å². The van der Waals surface area contributed by atoms with E-state index in [-0.39, 0.29) is 12.4 Å². The first kappa shape index (κ1) is 12.2. The van der Waals surface area contributed by atoms with E-state index in [0.717, 1.165) is 19.0 Å². The lowest BCUT2D eigenvalue weighted by molar-refractivity contribution is 0.159. The van der Waals surface area contributed by atoms with Crippen LogP contribution in [0.15, 0.2) is 11.0 Å². The number of carbonyl (C=O) groups is 1. The van der Waals surface area contributed by atoms with Crippen molar-refractivity contribution >= 4 is 11.9 Å². The molecule has 0 radical (unpaired) electrons. The van der Waals surface area contributed by atoms with Crippen molar-refractivity contribution in [2.24, 2.45) is 0 Å². The Labute approximate surface area is 90.8 Å². The van der Waals surface area contributed by atoms with E-state index in [4.69, 9.17) is 4.74 Å².